The van der Waals surface area contributed by atoms with Crippen molar-refractivity contribution < 1.29 is 9.21 Å². The molecule has 1 atom stereocenters. The molecule has 0 bridgehead atoms. The molecule has 4 nitrogen and oxygen atoms in total. The van der Waals surface area contributed by atoms with Crippen LogP contribution < -0.4 is 10.6 Å². The lowest BCUT2D eigenvalue weighted by Gasteiger charge is -2.15. The van der Waals surface area contributed by atoms with E-state index in [0.29, 0.717) is 0 Å². The number of benzene rings is 1. The lowest BCUT2D eigenvalue weighted by atomic mass is 10.1. The van der Waals surface area contributed by atoms with Crippen LogP contribution in [0.1, 0.15) is 31.2 Å². The summed E-state index contributed by atoms with van der Waals surface area (Å²) in [6.07, 6.45) is 1.67. The van der Waals surface area contributed by atoms with E-state index in [1.165, 1.54) is 6.92 Å². The molecule has 1 aromatic heterocycles. The molecule has 1 aromatic carbocycles. The maximum atomic E-state index is 11.0. The zero-order valence-corrected chi connectivity index (χ0v) is 11.4. The fraction of sp³-hybridized carbons (Fsp3) is 0.267. The van der Waals surface area contributed by atoms with Crippen molar-refractivity contribution in [3.05, 3.63) is 47.9 Å². The Morgan fingerprint density at radius 3 is 2.68 bits per heavy atom. The number of carbonyl (C=O) groups excluding carboxylic acids is 1. The van der Waals surface area contributed by atoms with Crippen molar-refractivity contribution in [1.82, 2.24) is 0 Å². The van der Waals surface area contributed by atoms with Crippen molar-refractivity contribution in [3.63, 3.8) is 0 Å². The van der Waals surface area contributed by atoms with Crippen molar-refractivity contribution in [2.45, 2.75) is 26.8 Å². The summed E-state index contributed by atoms with van der Waals surface area (Å²) in [4.78, 5) is 11.0. The molecule has 2 rings (SSSR count). The van der Waals surface area contributed by atoms with E-state index in [4.69, 9.17) is 4.42 Å². The normalized spacial score (nSPS) is 11.9. The Hall–Kier alpha value is -2.23. The molecule has 2 aromatic rings. The first-order valence-electron chi connectivity index (χ1n) is 6.24. The molecule has 1 heterocycles. The van der Waals surface area contributed by atoms with E-state index in [-0.39, 0.29) is 11.9 Å². The van der Waals surface area contributed by atoms with Crippen molar-refractivity contribution in [2.75, 3.05) is 10.6 Å². The van der Waals surface area contributed by atoms with Crippen LogP contribution in [-0.2, 0) is 4.79 Å². The third-order valence-electron chi connectivity index (χ3n) is 2.89. The van der Waals surface area contributed by atoms with Gasteiger partial charge in [0.05, 0.1) is 12.3 Å². The molecule has 0 aliphatic rings. The average molecular weight is 258 g/mol. The maximum absolute atomic E-state index is 11.0. The molecule has 0 aliphatic carbocycles. The van der Waals surface area contributed by atoms with Gasteiger partial charge in [-0.2, -0.15) is 0 Å². The predicted octanol–water partition coefficient (Wildman–Crippen LogP) is 3.72. The fourth-order valence-electron chi connectivity index (χ4n) is 1.94. The highest BCUT2D eigenvalue weighted by Crippen LogP contribution is 2.24. The van der Waals surface area contributed by atoms with Crippen LogP contribution in [0, 0.1) is 6.92 Å². The summed E-state index contributed by atoms with van der Waals surface area (Å²) in [7, 11) is 0. The van der Waals surface area contributed by atoms with Crippen LogP contribution in [0.2, 0.25) is 0 Å². The average Bonchev–Trinajstić information content (AvgIpc) is 2.86. The number of rotatable bonds is 4. The van der Waals surface area contributed by atoms with Gasteiger partial charge in [-0.3, -0.25) is 4.79 Å². The topological polar surface area (TPSA) is 54.3 Å². The Labute approximate surface area is 112 Å². The van der Waals surface area contributed by atoms with Crippen molar-refractivity contribution in [3.8, 4) is 0 Å². The Morgan fingerprint density at radius 2 is 2.11 bits per heavy atom. The zero-order chi connectivity index (χ0) is 13.8. The van der Waals surface area contributed by atoms with Gasteiger partial charge in [0.15, 0.2) is 0 Å². The number of carbonyl (C=O) groups is 1. The first-order chi connectivity index (χ1) is 9.06. The lowest BCUT2D eigenvalue weighted by Crippen LogP contribution is -2.09. The Bertz CT molecular complexity index is 562. The van der Waals surface area contributed by atoms with Gasteiger partial charge >= 0.3 is 0 Å². The monoisotopic (exact) mass is 258 g/mol. The van der Waals surface area contributed by atoms with Crippen LogP contribution in [0.15, 0.2) is 41.0 Å². The minimum Gasteiger partial charge on any atom is -0.467 e. The van der Waals surface area contributed by atoms with Gasteiger partial charge in [0.25, 0.3) is 0 Å². The molecular weight excluding hydrogens is 240 g/mol. The van der Waals surface area contributed by atoms with Crippen LogP contribution in [0.3, 0.4) is 0 Å². The van der Waals surface area contributed by atoms with Gasteiger partial charge in [-0.1, -0.05) is 0 Å². The summed E-state index contributed by atoms with van der Waals surface area (Å²) in [6, 6.07) is 9.76. The number of hydrogen-bond donors (Lipinski definition) is 2. The van der Waals surface area contributed by atoms with Crippen molar-refractivity contribution in [1.29, 1.82) is 0 Å². The number of amides is 1. The highest BCUT2D eigenvalue weighted by Gasteiger charge is 2.08. The molecule has 0 spiro atoms. The lowest BCUT2D eigenvalue weighted by molar-refractivity contribution is -0.114. The summed E-state index contributed by atoms with van der Waals surface area (Å²) >= 11 is 0. The summed E-state index contributed by atoms with van der Waals surface area (Å²) < 4.78 is 5.35. The zero-order valence-electron chi connectivity index (χ0n) is 11.4. The van der Waals surface area contributed by atoms with Crippen LogP contribution in [-0.4, -0.2) is 5.91 Å². The van der Waals surface area contributed by atoms with Gasteiger partial charge in [-0.25, -0.2) is 0 Å². The molecule has 4 heteroatoms. The molecule has 2 N–H and O–H groups in total. The summed E-state index contributed by atoms with van der Waals surface area (Å²) in [5, 5.41) is 6.16. The van der Waals surface area contributed by atoms with E-state index in [1.807, 2.05) is 44.2 Å². The molecule has 0 fully saturated rings. The van der Waals surface area contributed by atoms with Gasteiger partial charge < -0.3 is 15.1 Å². The minimum absolute atomic E-state index is 0.0623. The summed E-state index contributed by atoms with van der Waals surface area (Å²) in [5.74, 6) is 0.830. The fourth-order valence-corrected chi connectivity index (χ4v) is 1.94. The molecule has 0 radical (unpaired) electrons. The van der Waals surface area contributed by atoms with E-state index in [2.05, 4.69) is 10.6 Å². The quantitative estimate of drug-likeness (QED) is 0.878. The molecular formula is C15H18N2O2. The summed E-state index contributed by atoms with van der Waals surface area (Å²) in [6.45, 7) is 5.51. The van der Waals surface area contributed by atoms with E-state index in [0.717, 1.165) is 22.7 Å². The summed E-state index contributed by atoms with van der Waals surface area (Å²) in [5.41, 5.74) is 2.85. The largest absolute Gasteiger partial charge is 0.467 e. The van der Waals surface area contributed by atoms with Gasteiger partial charge in [0.2, 0.25) is 5.91 Å². The SMILES string of the molecule is CC(=O)Nc1ccc(NC(C)c2ccco2)cc1C. The minimum atomic E-state index is -0.0623. The van der Waals surface area contributed by atoms with Gasteiger partial charge in [-0.15, -0.1) is 0 Å². The number of nitrogens with one attached hydrogen (secondary N) is 2. The van der Waals surface area contributed by atoms with Gasteiger partial charge in [0, 0.05) is 18.3 Å². The first kappa shape index (κ1) is 13.2. The second-order valence-electron chi connectivity index (χ2n) is 4.59. The van der Waals surface area contributed by atoms with E-state index >= 15 is 0 Å². The molecule has 1 unspecified atom stereocenters. The number of furan rings is 1. The second kappa shape index (κ2) is 5.61. The molecule has 1 amide bonds. The molecule has 19 heavy (non-hydrogen) atoms. The standard InChI is InChI=1S/C15H18N2O2/c1-10-9-13(6-7-14(10)17-12(3)18)16-11(2)15-5-4-8-19-15/h4-9,11,16H,1-3H3,(H,17,18). The van der Waals surface area contributed by atoms with E-state index < -0.39 is 0 Å². The highest BCUT2D eigenvalue weighted by atomic mass is 16.3. The van der Waals surface area contributed by atoms with Crippen LogP contribution in [0.4, 0.5) is 11.4 Å². The van der Waals surface area contributed by atoms with Gasteiger partial charge in [0.1, 0.15) is 5.76 Å². The van der Waals surface area contributed by atoms with Crippen LogP contribution in [0.5, 0.6) is 0 Å². The Balaban J connectivity index is 2.10. The van der Waals surface area contributed by atoms with Crippen LogP contribution >= 0.6 is 0 Å². The van der Waals surface area contributed by atoms with Gasteiger partial charge in [-0.05, 0) is 49.7 Å². The first-order valence-corrected chi connectivity index (χ1v) is 6.24. The smallest absolute Gasteiger partial charge is 0.221 e. The van der Waals surface area contributed by atoms with Crippen molar-refractivity contribution >= 4 is 17.3 Å². The molecule has 100 valence electrons. The van der Waals surface area contributed by atoms with Crippen LogP contribution in [0.25, 0.3) is 0 Å². The maximum Gasteiger partial charge on any atom is 0.221 e. The molecule has 0 saturated carbocycles. The Morgan fingerprint density at radius 1 is 1.32 bits per heavy atom. The number of anilines is 2. The van der Waals surface area contributed by atoms with Crippen molar-refractivity contribution in [2.24, 2.45) is 0 Å². The third-order valence-corrected chi connectivity index (χ3v) is 2.89. The Kier molecular flexibility index (Phi) is 3.90. The predicted molar refractivity (Wildman–Crippen MR) is 76.2 cm³/mol. The van der Waals surface area contributed by atoms with E-state index in [1.54, 1.807) is 6.26 Å². The number of aryl methyl sites for hydroxylation is 1. The molecule has 0 saturated heterocycles. The molecule has 0 aliphatic heterocycles. The van der Waals surface area contributed by atoms with E-state index in [9.17, 15) is 4.79 Å². The third kappa shape index (κ3) is 3.37. The number of hydrogen-bond acceptors (Lipinski definition) is 3. The highest BCUT2D eigenvalue weighted by molar-refractivity contribution is 5.89. The second-order valence-corrected chi connectivity index (χ2v) is 4.59.